The van der Waals surface area contributed by atoms with Gasteiger partial charge in [0, 0.05) is 23.5 Å². The topological polar surface area (TPSA) is 62.3 Å². The van der Waals surface area contributed by atoms with Crippen LogP contribution in [0.3, 0.4) is 0 Å². The molecule has 146 valence electrons. The fourth-order valence-corrected chi connectivity index (χ4v) is 3.65. The molecule has 1 aliphatic heterocycles. The molecule has 1 aromatic heterocycles. The maximum absolute atomic E-state index is 13.3. The summed E-state index contributed by atoms with van der Waals surface area (Å²) < 4.78 is 13.3. The number of hydrogen-bond acceptors (Lipinski definition) is 3. The number of halogens is 2. The van der Waals surface area contributed by atoms with E-state index in [4.69, 9.17) is 11.6 Å². The molecule has 1 aliphatic rings. The van der Waals surface area contributed by atoms with Gasteiger partial charge >= 0.3 is 0 Å². The van der Waals surface area contributed by atoms with E-state index in [-0.39, 0.29) is 18.2 Å². The van der Waals surface area contributed by atoms with Crippen LogP contribution in [-0.4, -0.2) is 16.8 Å². The number of aromatic nitrogens is 1. The van der Waals surface area contributed by atoms with Crippen LogP contribution in [0.5, 0.6) is 0 Å². The summed E-state index contributed by atoms with van der Waals surface area (Å²) in [6, 6.07) is 15.7. The van der Waals surface area contributed by atoms with Gasteiger partial charge in [-0.05, 0) is 54.1 Å². The zero-order chi connectivity index (χ0) is 20.4. The highest BCUT2D eigenvalue weighted by atomic mass is 35.5. The van der Waals surface area contributed by atoms with Crippen molar-refractivity contribution >= 4 is 29.1 Å². The fraction of sp³-hybridized carbons (Fsp3) is 0.136. The molecule has 0 saturated heterocycles. The second-order valence-electron chi connectivity index (χ2n) is 6.71. The van der Waals surface area contributed by atoms with E-state index in [2.05, 4.69) is 10.3 Å². The molecule has 0 bridgehead atoms. The van der Waals surface area contributed by atoms with Gasteiger partial charge in [-0.1, -0.05) is 23.7 Å². The Labute approximate surface area is 172 Å². The van der Waals surface area contributed by atoms with Gasteiger partial charge in [0.15, 0.2) is 0 Å². The lowest BCUT2D eigenvalue weighted by atomic mass is 10.1. The van der Waals surface area contributed by atoms with Crippen LogP contribution in [0.25, 0.3) is 0 Å². The van der Waals surface area contributed by atoms with E-state index in [1.165, 1.54) is 29.2 Å². The molecular weight excluding hydrogens is 393 g/mol. The number of hydrogen-bond donors (Lipinski definition) is 1. The van der Waals surface area contributed by atoms with E-state index in [1.54, 1.807) is 30.5 Å². The summed E-state index contributed by atoms with van der Waals surface area (Å²) in [6.07, 6.45) is 1.63. The van der Waals surface area contributed by atoms with Crippen LogP contribution in [0, 0.1) is 5.82 Å². The summed E-state index contributed by atoms with van der Waals surface area (Å²) in [5.74, 6) is -0.882. The molecular formula is C22H17ClFN3O2. The molecule has 5 nitrogen and oxygen atoms in total. The second-order valence-corrected chi connectivity index (χ2v) is 7.15. The van der Waals surface area contributed by atoms with Crippen molar-refractivity contribution in [2.45, 2.75) is 19.0 Å². The lowest BCUT2D eigenvalue weighted by Crippen LogP contribution is -2.33. The van der Waals surface area contributed by atoms with Crippen LogP contribution in [0.15, 0.2) is 66.9 Å². The van der Waals surface area contributed by atoms with Crippen molar-refractivity contribution in [3.63, 3.8) is 0 Å². The third kappa shape index (κ3) is 3.98. The highest BCUT2D eigenvalue weighted by Gasteiger charge is 2.39. The minimum absolute atomic E-state index is 0.0354. The highest BCUT2D eigenvalue weighted by molar-refractivity contribution is 6.30. The van der Waals surface area contributed by atoms with Crippen LogP contribution < -0.4 is 10.2 Å². The van der Waals surface area contributed by atoms with E-state index < -0.39 is 11.9 Å². The Balaban J connectivity index is 1.56. The third-order valence-corrected chi connectivity index (χ3v) is 5.01. The Kier molecular flexibility index (Phi) is 5.27. The molecule has 0 unspecified atom stereocenters. The minimum Gasteiger partial charge on any atom is -0.352 e. The van der Waals surface area contributed by atoms with Crippen molar-refractivity contribution in [2.24, 2.45) is 0 Å². The summed E-state index contributed by atoms with van der Waals surface area (Å²) in [4.78, 5) is 31.4. The van der Waals surface area contributed by atoms with Crippen molar-refractivity contribution < 1.29 is 14.0 Å². The van der Waals surface area contributed by atoms with Gasteiger partial charge in [0.05, 0.1) is 23.7 Å². The van der Waals surface area contributed by atoms with E-state index in [0.717, 1.165) is 5.56 Å². The lowest BCUT2D eigenvalue weighted by molar-refractivity contribution is -0.121. The number of nitrogens with zero attached hydrogens (tertiary/aromatic N) is 2. The first-order valence-electron chi connectivity index (χ1n) is 9.08. The van der Waals surface area contributed by atoms with Crippen LogP contribution in [0.1, 0.15) is 34.1 Å². The number of benzene rings is 2. The quantitative estimate of drug-likeness (QED) is 0.684. The molecule has 29 heavy (non-hydrogen) atoms. The van der Waals surface area contributed by atoms with Gasteiger partial charge in [0.2, 0.25) is 5.91 Å². The van der Waals surface area contributed by atoms with E-state index >= 15 is 0 Å². The van der Waals surface area contributed by atoms with Crippen molar-refractivity contribution in [3.8, 4) is 0 Å². The average molecular weight is 410 g/mol. The van der Waals surface area contributed by atoms with E-state index in [0.29, 0.717) is 28.5 Å². The lowest BCUT2D eigenvalue weighted by Gasteiger charge is -2.24. The molecule has 2 heterocycles. The number of pyridine rings is 1. The fourth-order valence-electron chi connectivity index (χ4n) is 3.44. The molecule has 0 aliphatic carbocycles. The first-order chi connectivity index (χ1) is 14.0. The van der Waals surface area contributed by atoms with Crippen molar-refractivity contribution in [3.05, 3.63) is 94.5 Å². The molecule has 2 amide bonds. The average Bonchev–Trinajstić information content (AvgIpc) is 2.99. The molecule has 4 rings (SSSR count). The number of nitrogens with one attached hydrogen (secondary N) is 1. The first-order valence-corrected chi connectivity index (χ1v) is 9.46. The van der Waals surface area contributed by atoms with Gasteiger partial charge in [-0.2, -0.15) is 0 Å². The molecule has 2 aromatic carbocycles. The molecule has 7 heteroatoms. The normalized spacial score (nSPS) is 15.3. The monoisotopic (exact) mass is 409 g/mol. The zero-order valence-electron chi connectivity index (χ0n) is 15.3. The van der Waals surface area contributed by atoms with E-state index in [9.17, 15) is 14.0 Å². The minimum atomic E-state index is -0.566. The first kappa shape index (κ1) is 19.1. The predicted molar refractivity (Wildman–Crippen MR) is 108 cm³/mol. The zero-order valence-corrected chi connectivity index (χ0v) is 16.1. The maximum atomic E-state index is 13.3. The Hall–Kier alpha value is -3.25. The van der Waals surface area contributed by atoms with Gasteiger partial charge in [-0.15, -0.1) is 0 Å². The van der Waals surface area contributed by atoms with Gasteiger partial charge in [0.1, 0.15) is 5.82 Å². The van der Waals surface area contributed by atoms with Crippen LogP contribution in [0.4, 0.5) is 10.1 Å². The molecule has 0 saturated carbocycles. The number of amides is 2. The van der Waals surface area contributed by atoms with Crippen molar-refractivity contribution in [1.29, 1.82) is 0 Å². The second kappa shape index (κ2) is 8.01. The van der Waals surface area contributed by atoms with Gasteiger partial charge in [-0.25, -0.2) is 4.39 Å². The maximum Gasteiger partial charge on any atom is 0.260 e. The van der Waals surface area contributed by atoms with Gasteiger partial charge < -0.3 is 5.32 Å². The van der Waals surface area contributed by atoms with Crippen LogP contribution in [0.2, 0.25) is 5.02 Å². The summed E-state index contributed by atoms with van der Waals surface area (Å²) in [7, 11) is 0. The number of rotatable bonds is 5. The number of carbonyl (C=O) groups excluding carboxylic acids is 2. The highest BCUT2D eigenvalue weighted by Crippen LogP contribution is 2.38. The molecule has 0 spiro atoms. The number of fused-ring (bicyclic) bond motifs is 1. The molecule has 0 radical (unpaired) electrons. The Bertz CT molecular complexity index is 1070. The summed E-state index contributed by atoms with van der Waals surface area (Å²) in [5.41, 5.74) is 2.38. The molecule has 1 atom stereocenters. The van der Waals surface area contributed by atoms with E-state index in [1.807, 2.05) is 12.1 Å². The summed E-state index contributed by atoms with van der Waals surface area (Å²) in [6.45, 7) is 0.325. The van der Waals surface area contributed by atoms with Gasteiger partial charge in [0.25, 0.3) is 5.91 Å². The smallest absolute Gasteiger partial charge is 0.260 e. The molecule has 0 fully saturated rings. The Morgan fingerprint density at radius 1 is 1.14 bits per heavy atom. The Morgan fingerprint density at radius 2 is 1.93 bits per heavy atom. The standard InChI is InChI=1S/C22H17ClFN3O2/c23-15-4-1-3-14(11-15)13-26-20(28)12-19-21-18(5-2-10-25-21)22(29)27(19)17-8-6-16(24)7-9-17/h1-11,19H,12-13H2,(H,26,28)/t19-/m0/s1. The van der Waals surface area contributed by atoms with Crippen LogP contribution >= 0.6 is 11.6 Å². The summed E-state index contributed by atoms with van der Waals surface area (Å²) >= 11 is 5.98. The summed E-state index contributed by atoms with van der Waals surface area (Å²) in [5, 5.41) is 3.45. The largest absolute Gasteiger partial charge is 0.352 e. The third-order valence-electron chi connectivity index (χ3n) is 4.78. The molecule has 3 aromatic rings. The van der Waals surface area contributed by atoms with Gasteiger partial charge in [-0.3, -0.25) is 19.5 Å². The van der Waals surface area contributed by atoms with Crippen molar-refractivity contribution in [1.82, 2.24) is 10.3 Å². The van der Waals surface area contributed by atoms with Crippen molar-refractivity contribution in [2.75, 3.05) is 4.90 Å². The number of anilines is 1. The predicted octanol–water partition coefficient (Wildman–Crippen LogP) is 4.28. The SMILES string of the molecule is O=C(C[C@H]1c2ncccc2C(=O)N1c1ccc(F)cc1)NCc1cccc(Cl)c1. The Morgan fingerprint density at radius 3 is 2.69 bits per heavy atom. The number of carbonyl (C=O) groups is 2. The molecule has 1 N–H and O–H groups in total. The van der Waals surface area contributed by atoms with Crippen LogP contribution in [-0.2, 0) is 11.3 Å².